The second kappa shape index (κ2) is 3.65. The minimum absolute atomic E-state index is 0.701. The van der Waals surface area contributed by atoms with Crippen LogP contribution in [0.3, 0.4) is 0 Å². The minimum atomic E-state index is 0.701. The third-order valence-electron chi connectivity index (χ3n) is 1.35. The summed E-state index contributed by atoms with van der Waals surface area (Å²) in [5.74, 6) is 0.701. The molecule has 0 fully saturated rings. The normalized spacial score (nSPS) is 13.4. The summed E-state index contributed by atoms with van der Waals surface area (Å²) in [6, 6.07) is 0. The molecule has 0 radical (unpaired) electrons. The van der Waals surface area contributed by atoms with Gasteiger partial charge in [0, 0.05) is 5.71 Å². The first-order valence-corrected chi connectivity index (χ1v) is 3.20. The molecule has 0 amide bonds. The Hall–Kier alpha value is -0.330. The summed E-state index contributed by atoms with van der Waals surface area (Å²) in [5, 5.41) is 7.13. The van der Waals surface area contributed by atoms with Gasteiger partial charge < -0.3 is 5.41 Å². The lowest BCUT2D eigenvalue weighted by Crippen LogP contribution is -1.98. The van der Waals surface area contributed by atoms with Crippen LogP contribution < -0.4 is 0 Å². The predicted octanol–water partition coefficient (Wildman–Crippen LogP) is 2.46. The molecule has 0 heterocycles. The van der Waals surface area contributed by atoms with Gasteiger partial charge in [0.05, 0.1) is 0 Å². The average Bonchev–Trinajstić information content (AvgIpc) is 1.65. The van der Waals surface area contributed by atoms with Crippen molar-refractivity contribution in [3.63, 3.8) is 0 Å². The molecule has 1 heteroatoms. The topological polar surface area (TPSA) is 23.9 Å². The van der Waals surface area contributed by atoms with Gasteiger partial charge in [0.2, 0.25) is 0 Å². The van der Waals surface area contributed by atoms with Crippen molar-refractivity contribution in [3.8, 4) is 0 Å². The van der Waals surface area contributed by atoms with E-state index in [4.69, 9.17) is 5.41 Å². The molecule has 1 unspecified atom stereocenters. The maximum atomic E-state index is 7.13. The van der Waals surface area contributed by atoms with Crippen molar-refractivity contribution in [2.45, 2.75) is 33.6 Å². The van der Waals surface area contributed by atoms with E-state index in [9.17, 15) is 0 Å². The molecule has 0 saturated carbocycles. The smallest absolute Gasteiger partial charge is 0.00608 e. The van der Waals surface area contributed by atoms with Crippen molar-refractivity contribution in [2.24, 2.45) is 5.92 Å². The molecule has 0 rings (SSSR count). The van der Waals surface area contributed by atoms with E-state index in [-0.39, 0.29) is 0 Å². The summed E-state index contributed by atoms with van der Waals surface area (Å²) in [7, 11) is 0. The summed E-state index contributed by atoms with van der Waals surface area (Å²) >= 11 is 0. The van der Waals surface area contributed by atoms with E-state index < -0.39 is 0 Å². The van der Waals surface area contributed by atoms with Crippen LogP contribution in [0.4, 0.5) is 0 Å². The fourth-order valence-electron chi connectivity index (χ4n) is 0.667. The Morgan fingerprint density at radius 2 is 2.12 bits per heavy atom. The van der Waals surface area contributed by atoms with Gasteiger partial charge >= 0.3 is 0 Å². The van der Waals surface area contributed by atoms with Gasteiger partial charge in [0.25, 0.3) is 0 Å². The van der Waals surface area contributed by atoms with Crippen molar-refractivity contribution < 1.29 is 0 Å². The molecule has 0 aliphatic carbocycles. The standard InChI is InChI=1S/C7H15N/c1-4-6(2)5-7(3)8/h6,8H,4-5H2,1-3H3. The summed E-state index contributed by atoms with van der Waals surface area (Å²) < 4.78 is 0. The van der Waals surface area contributed by atoms with Crippen LogP contribution in [-0.2, 0) is 0 Å². The SMILES string of the molecule is CCC(C)CC(C)=N. The summed E-state index contributed by atoms with van der Waals surface area (Å²) in [6.45, 7) is 6.21. The lowest BCUT2D eigenvalue weighted by Gasteiger charge is -2.04. The fraction of sp³-hybridized carbons (Fsp3) is 0.857. The molecule has 1 N–H and O–H groups in total. The number of hydrogen-bond donors (Lipinski definition) is 1. The van der Waals surface area contributed by atoms with Crippen LogP contribution in [0.1, 0.15) is 33.6 Å². The van der Waals surface area contributed by atoms with E-state index in [2.05, 4.69) is 13.8 Å². The molecule has 1 atom stereocenters. The van der Waals surface area contributed by atoms with Crippen LogP contribution in [0, 0.1) is 11.3 Å². The molecule has 0 aromatic carbocycles. The molecular formula is C7H15N. The second-order valence-electron chi connectivity index (χ2n) is 2.50. The molecule has 0 bridgehead atoms. The first-order valence-electron chi connectivity index (χ1n) is 3.20. The highest BCUT2D eigenvalue weighted by atomic mass is 14.4. The number of hydrogen-bond acceptors (Lipinski definition) is 1. The second-order valence-corrected chi connectivity index (χ2v) is 2.50. The Kier molecular flexibility index (Phi) is 3.49. The van der Waals surface area contributed by atoms with Gasteiger partial charge in [-0.05, 0) is 19.3 Å². The molecule has 8 heavy (non-hydrogen) atoms. The van der Waals surface area contributed by atoms with E-state index >= 15 is 0 Å². The summed E-state index contributed by atoms with van der Waals surface area (Å²) in [5.41, 5.74) is 0.805. The van der Waals surface area contributed by atoms with Gasteiger partial charge in [0.1, 0.15) is 0 Å². The molecule has 48 valence electrons. The molecule has 0 aromatic rings. The Morgan fingerprint density at radius 3 is 2.25 bits per heavy atom. The van der Waals surface area contributed by atoms with Crippen molar-refractivity contribution in [1.29, 1.82) is 5.41 Å². The molecule has 0 saturated heterocycles. The zero-order valence-corrected chi connectivity index (χ0v) is 5.99. The number of nitrogens with one attached hydrogen (secondary N) is 1. The predicted molar refractivity (Wildman–Crippen MR) is 37.5 cm³/mol. The average molecular weight is 113 g/mol. The molecule has 0 spiro atoms. The third kappa shape index (κ3) is 3.85. The van der Waals surface area contributed by atoms with Crippen LogP contribution in [0.5, 0.6) is 0 Å². The number of rotatable bonds is 3. The van der Waals surface area contributed by atoms with Crippen molar-refractivity contribution >= 4 is 5.71 Å². The first-order chi connectivity index (χ1) is 3.66. The van der Waals surface area contributed by atoms with Crippen LogP contribution in [0.25, 0.3) is 0 Å². The quantitative estimate of drug-likeness (QED) is 0.544. The largest absolute Gasteiger partial charge is 0.310 e. The zero-order chi connectivity index (χ0) is 6.57. The van der Waals surface area contributed by atoms with Crippen molar-refractivity contribution in [2.75, 3.05) is 0 Å². The molecule has 0 aliphatic heterocycles. The van der Waals surface area contributed by atoms with Gasteiger partial charge in [-0.3, -0.25) is 0 Å². The highest BCUT2D eigenvalue weighted by Crippen LogP contribution is 2.05. The van der Waals surface area contributed by atoms with E-state index in [0.717, 1.165) is 12.1 Å². The Morgan fingerprint density at radius 1 is 1.62 bits per heavy atom. The van der Waals surface area contributed by atoms with Crippen LogP contribution in [-0.4, -0.2) is 5.71 Å². The highest BCUT2D eigenvalue weighted by Gasteiger charge is 1.97. The summed E-state index contributed by atoms with van der Waals surface area (Å²) in [6.07, 6.45) is 2.16. The highest BCUT2D eigenvalue weighted by molar-refractivity contribution is 5.78. The maximum absolute atomic E-state index is 7.13. The Labute approximate surface area is 51.6 Å². The lowest BCUT2D eigenvalue weighted by atomic mass is 10.0. The molecule has 0 aliphatic rings. The lowest BCUT2D eigenvalue weighted by molar-refractivity contribution is 0.585. The van der Waals surface area contributed by atoms with E-state index in [1.54, 1.807) is 0 Å². The molecule has 1 nitrogen and oxygen atoms in total. The van der Waals surface area contributed by atoms with Gasteiger partial charge in [-0.25, -0.2) is 0 Å². The monoisotopic (exact) mass is 113 g/mol. The molecular weight excluding hydrogens is 98.1 g/mol. The van der Waals surface area contributed by atoms with E-state index in [1.807, 2.05) is 6.92 Å². The summed E-state index contributed by atoms with van der Waals surface area (Å²) in [4.78, 5) is 0. The van der Waals surface area contributed by atoms with Crippen LogP contribution in [0.15, 0.2) is 0 Å². The van der Waals surface area contributed by atoms with Gasteiger partial charge in [-0.1, -0.05) is 20.3 Å². The van der Waals surface area contributed by atoms with E-state index in [0.29, 0.717) is 5.92 Å². The Balaban J connectivity index is 3.24. The third-order valence-corrected chi connectivity index (χ3v) is 1.35. The Bertz CT molecular complexity index is 76.5. The first kappa shape index (κ1) is 7.67. The van der Waals surface area contributed by atoms with Gasteiger partial charge in [0.15, 0.2) is 0 Å². The maximum Gasteiger partial charge on any atom is 0.00608 e. The fourth-order valence-corrected chi connectivity index (χ4v) is 0.667. The zero-order valence-electron chi connectivity index (χ0n) is 5.99. The van der Waals surface area contributed by atoms with Crippen LogP contribution in [0.2, 0.25) is 0 Å². The van der Waals surface area contributed by atoms with Gasteiger partial charge in [-0.15, -0.1) is 0 Å². The van der Waals surface area contributed by atoms with Crippen molar-refractivity contribution in [1.82, 2.24) is 0 Å². The van der Waals surface area contributed by atoms with Gasteiger partial charge in [-0.2, -0.15) is 0 Å². The van der Waals surface area contributed by atoms with Crippen LogP contribution >= 0.6 is 0 Å². The molecule has 0 aromatic heterocycles. The van der Waals surface area contributed by atoms with E-state index in [1.165, 1.54) is 6.42 Å². The minimum Gasteiger partial charge on any atom is -0.310 e. The van der Waals surface area contributed by atoms with Crippen molar-refractivity contribution in [3.05, 3.63) is 0 Å².